The number of halogens is 6. The average molecular weight is 469 g/mol. The lowest BCUT2D eigenvalue weighted by Gasteiger charge is -2.17. The molecule has 4 nitrogen and oxygen atoms in total. The lowest BCUT2D eigenvalue weighted by atomic mass is 10.1. The van der Waals surface area contributed by atoms with Gasteiger partial charge in [-0.1, -0.05) is 58.5 Å². The maximum Gasteiger partial charge on any atom is 0.216 e. The highest BCUT2D eigenvalue weighted by Gasteiger charge is 2.45. The van der Waals surface area contributed by atoms with Crippen molar-refractivity contribution in [2.24, 2.45) is 0 Å². The highest BCUT2D eigenvalue weighted by molar-refractivity contribution is 6.57. The van der Waals surface area contributed by atoms with Gasteiger partial charge in [0.2, 0.25) is 11.6 Å². The van der Waals surface area contributed by atoms with Crippen molar-refractivity contribution in [3.8, 4) is 0 Å². The molecule has 132 valence electrons. The Labute approximate surface area is 177 Å². The summed E-state index contributed by atoms with van der Waals surface area (Å²) in [7, 11) is 0. The van der Waals surface area contributed by atoms with E-state index in [0.717, 1.165) is 8.84 Å². The largest absolute Gasteiger partial charge is 0.287 e. The number of allylic oxidation sites excluding steroid dienone is 2. The third-order valence-corrected chi connectivity index (χ3v) is 6.55. The van der Waals surface area contributed by atoms with E-state index in [0.29, 0.717) is 11.3 Å². The first kappa shape index (κ1) is 18.2. The van der Waals surface area contributed by atoms with Crippen LogP contribution in [0.25, 0.3) is 0 Å². The van der Waals surface area contributed by atoms with E-state index in [1.165, 1.54) is 0 Å². The molecule has 0 unspecified atom stereocenters. The summed E-state index contributed by atoms with van der Waals surface area (Å²) in [6, 6.07) is 6.64. The van der Waals surface area contributed by atoms with Crippen molar-refractivity contribution in [2.75, 3.05) is 8.84 Å². The van der Waals surface area contributed by atoms with Gasteiger partial charge < -0.3 is 0 Å². The monoisotopic (exact) mass is 466 g/mol. The minimum atomic E-state index is -0.637. The van der Waals surface area contributed by atoms with Crippen LogP contribution in [0.3, 0.4) is 0 Å². The SMILES string of the molecule is O=C1/C(=C2\C(=O)c3c(Cl)c(Cl)c(Cl)c(Cl)c3N2Cl)N(Cl)c2ccccc21. The van der Waals surface area contributed by atoms with Crippen LogP contribution in [0.1, 0.15) is 20.7 Å². The van der Waals surface area contributed by atoms with Crippen LogP contribution in [0.2, 0.25) is 20.1 Å². The van der Waals surface area contributed by atoms with E-state index in [9.17, 15) is 9.59 Å². The number of fused-ring (bicyclic) bond motifs is 2. The summed E-state index contributed by atoms with van der Waals surface area (Å²) >= 11 is 37.1. The van der Waals surface area contributed by atoms with Gasteiger partial charge in [-0.15, -0.1) is 0 Å². The topological polar surface area (TPSA) is 40.6 Å². The molecule has 0 radical (unpaired) electrons. The van der Waals surface area contributed by atoms with E-state index in [4.69, 9.17) is 70.0 Å². The highest BCUT2D eigenvalue weighted by atomic mass is 35.5. The van der Waals surface area contributed by atoms with E-state index in [1.807, 2.05) is 0 Å². The third kappa shape index (κ3) is 2.24. The van der Waals surface area contributed by atoms with Gasteiger partial charge in [0.25, 0.3) is 0 Å². The summed E-state index contributed by atoms with van der Waals surface area (Å²) in [5, 5.41) is -0.290. The molecule has 2 aromatic rings. The predicted molar refractivity (Wildman–Crippen MR) is 105 cm³/mol. The van der Waals surface area contributed by atoms with Gasteiger partial charge in [-0.25, -0.2) is 8.84 Å². The fourth-order valence-corrected chi connectivity index (χ4v) is 4.59. The maximum absolute atomic E-state index is 13.0. The van der Waals surface area contributed by atoms with Gasteiger partial charge in [-0.2, -0.15) is 0 Å². The lowest BCUT2D eigenvalue weighted by molar-refractivity contribution is 0.101. The standard InChI is InChI=1S/C16H4Cl6N2O2/c17-8-7-12(11(20)10(19)9(8)18)24(22)14(16(7)26)13-15(25)5-3-1-2-4-6(5)23(13)21/h1-4H/b14-13-. The molecule has 10 heteroatoms. The Balaban J connectivity index is 2.01. The van der Waals surface area contributed by atoms with E-state index < -0.39 is 11.6 Å². The van der Waals surface area contributed by atoms with Crippen LogP contribution in [0, 0.1) is 0 Å². The Morgan fingerprint density at radius 1 is 0.692 bits per heavy atom. The second-order valence-corrected chi connectivity index (χ2v) is 7.60. The quantitative estimate of drug-likeness (QED) is 0.191. The molecule has 0 amide bonds. The molecular weight excluding hydrogens is 465 g/mol. The molecule has 4 rings (SSSR count). The van der Waals surface area contributed by atoms with Crippen LogP contribution >= 0.6 is 70.0 Å². The zero-order valence-corrected chi connectivity index (χ0v) is 16.8. The van der Waals surface area contributed by atoms with Crippen LogP contribution in [-0.4, -0.2) is 11.6 Å². The molecule has 2 heterocycles. The average Bonchev–Trinajstić information content (AvgIpc) is 3.03. The van der Waals surface area contributed by atoms with E-state index in [-0.39, 0.29) is 42.7 Å². The van der Waals surface area contributed by atoms with Crippen molar-refractivity contribution in [3.63, 3.8) is 0 Å². The van der Waals surface area contributed by atoms with Crippen LogP contribution in [0.15, 0.2) is 35.7 Å². The summed E-state index contributed by atoms with van der Waals surface area (Å²) in [6.45, 7) is 0. The Morgan fingerprint density at radius 2 is 1.27 bits per heavy atom. The van der Waals surface area contributed by atoms with Crippen LogP contribution < -0.4 is 8.84 Å². The number of hydrogen-bond acceptors (Lipinski definition) is 4. The molecule has 0 fully saturated rings. The number of rotatable bonds is 0. The van der Waals surface area contributed by atoms with Gasteiger partial charge in [-0.3, -0.25) is 9.59 Å². The maximum atomic E-state index is 13.0. The predicted octanol–water partition coefficient (Wildman–Crippen LogP) is 6.53. The molecule has 2 aromatic carbocycles. The second kappa shape index (κ2) is 6.20. The molecule has 0 N–H and O–H groups in total. The number of benzene rings is 2. The zero-order valence-electron chi connectivity index (χ0n) is 12.3. The second-order valence-electron chi connectivity index (χ2n) is 5.41. The number of para-hydroxylation sites is 1. The minimum absolute atomic E-state index is 0.0441. The Kier molecular flexibility index (Phi) is 4.35. The van der Waals surface area contributed by atoms with Gasteiger partial charge in [0.15, 0.2) is 0 Å². The lowest BCUT2D eigenvalue weighted by Crippen LogP contribution is -2.20. The summed E-state index contributed by atoms with van der Waals surface area (Å²) in [4.78, 5) is 25.8. The molecule has 0 saturated heterocycles. The number of carbonyl (C=O) groups excluding carboxylic acids is 2. The molecule has 0 bridgehead atoms. The molecule has 0 aliphatic carbocycles. The molecule has 26 heavy (non-hydrogen) atoms. The smallest absolute Gasteiger partial charge is 0.216 e. The molecule has 0 spiro atoms. The van der Waals surface area contributed by atoms with Gasteiger partial charge in [0, 0.05) is 29.1 Å². The first-order chi connectivity index (χ1) is 12.3. The highest BCUT2D eigenvalue weighted by Crippen LogP contribution is 2.53. The van der Waals surface area contributed by atoms with Crippen molar-refractivity contribution in [3.05, 3.63) is 66.9 Å². The zero-order chi connectivity index (χ0) is 18.9. The van der Waals surface area contributed by atoms with Crippen molar-refractivity contribution in [2.45, 2.75) is 0 Å². The van der Waals surface area contributed by atoms with E-state index in [2.05, 4.69) is 0 Å². The summed E-state index contributed by atoms with van der Waals surface area (Å²) in [5.41, 5.74) is 0.491. The van der Waals surface area contributed by atoms with Gasteiger partial charge in [0.1, 0.15) is 11.4 Å². The van der Waals surface area contributed by atoms with E-state index >= 15 is 0 Å². The molecular formula is C16H4Cl6N2O2. The van der Waals surface area contributed by atoms with Gasteiger partial charge >= 0.3 is 0 Å². The van der Waals surface area contributed by atoms with E-state index in [1.54, 1.807) is 24.3 Å². The van der Waals surface area contributed by atoms with Crippen LogP contribution in [0.5, 0.6) is 0 Å². The van der Waals surface area contributed by atoms with Crippen LogP contribution in [0.4, 0.5) is 11.4 Å². The summed E-state index contributed by atoms with van der Waals surface area (Å²) in [5.74, 6) is -1.09. The molecule has 2 aliphatic rings. The molecule has 2 aliphatic heterocycles. The Bertz CT molecular complexity index is 1070. The number of nitrogens with zero attached hydrogens (tertiary/aromatic N) is 2. The number of ketones is 2. The molecule has 0 saturated carbocycles. The number of hydrogen-bond donors (Lipinski definition) is 0. The first-order valence-corrected chi connectivity index (χ1v) is 9.16. The fraction of sp³-hybridized carbons (Fsp3) is 0. The van der Waals surface area contributed by atoms with Gasteiger partial charge in [0.05, 0.1) is 37.0 Å². The number of anilines is 2. The van der Waals surface area contributed by atoms with Crippen molar-refractivity contribution in [1.29, 1.82) is 0 Å². The third-order valence-electron chi connectivity index (χ3n) is 4.07. The van der Waals surface area contributed by atoms with Crippen molar-refractivity contribution >= 4 is 92.9 Å². The van der Waals surface area contributed by atoms with Crippen molar-refractivity contribution < 1.29 is 9.59 Å². The normalized spacial score (nSPS) is 18.7. The first-order valence-electron chi connectivity index (χ1n) is 6.97. The molecule has 0 atom stereocenters. The summed E-state index contributed by atoms with van der Waals surface area (Å²) in [6.07, 6.45) is 0. The van der Waals surface area contributed by atoms with Crippen molar-refractivity contribution in [1.82, 2.24) is 0 Å². The summed E-state index contributed by atoms with van der Waals surface area (Å²) < 4.78 is 2.01. The molecule has 0 aromatic heterocycles. The van der Waals surface area contributed by atoms with Gasteiger partial charge in [-0.05, 0) is 12.1 Å². The van der Waals surface area contributed by atoms with Crippen LogP contribution in [-0.2, 0) is 0 Å². The fourth-order valence-electron chi connectivity index (χ4n) is 2.91. The number of carbonyl (C=O) groups is 2. The minimum Gasteiger partial charge on any atom is -0.287 e. The Hall–Kier alpha value is -1.14. The Morgan fingerprint density at radius 3 is 1.92 bits per heavy atom. The number of Topliss-reactive ketones (excluding diaryl/α,β-unsaturated/α-hetero) is 2.